The molecule has 2 rings (SSSR count). The summed E-state index contributed by atoms with van der Waals surface area (Å²) < 4.78 is 4.67. The number of carbonyl (C=O) groups is 1. The minimum atomic E-state index is -0.279. The van der Waals surface area contributed by atoms with Crippen molar-refractivity contribution in [2.45, 2.75) is 6.54 Å². The number of halogens is 1. The molecule has 0 radical (unpaired) electrons. The lowest BCUT2D eigenvalue weighted by Crippen LogP contribution is -2.42. The van der Waals surface area contributed by atoms with Crippen LogP contribution in [0.2, 0.25) is 0 Å². The van der Waals surface area contributed by atoms with E-state index < -0.39 is 0 Å². The van der Waals surface area contributed by atoms with E-state index in [1.54, 1.807) is 0 Å². The van der Waals surface area contributed by atoms with Crippen LogP contribution < -0.4 is 5.32 Å². The summed E-state index contributed by atoms with van der Waals surface area (Å²) in [4.78, 5) is 13.7. The van der Waals surface area contributed by atoms with Crippen LogP contribution in [-0.4, -0.2) is 44.2 Å². The zero-order valence-corrected chi connectivity index (χ0v) is 11.3. The first-order valence-corrected chi connectivity index (χ1v) is 5.90. The smallest absolute Gasteiger partial charge is 0.337 e. The normalized spacial score (nSPS) is 15.8. The van der Waals surface area contributed by atoms with Gasteiger partial charge >= 0.3 is 5.97 Å². The van der Waals surface area contributed by atoms with E-state index >= 15 is 0 Å². The number of rotatable bonds is 3. The van der Waals surface area contributed by atoms with E-state index in [-0.39, 0.29) is 18.4 Å². The summed E-state index contributed by atoms with van der Waals surface area (Å²) in [7, 11) is 1.40. The van der Waals surface area contributed by atoms with Crippen LogP contribution in [0.1, 0.15) is 15.9 Å². The van der Waals surface area contributed by atoms with Crippen molar-refractivity contribution in [2.75, 3.05) is 33.3 Å². The second-order valence-corrected chi connectivity index (χ2v) is 4.21. The molecule has 18 heavy (non-hydrogen) atoms. The van der Waals surface area contributed by atoms with Gasteiger partial charge in [0.25, 0.3) is 0 Å². The highest BCUT2D eigenvalue weighted by Crippen LogP contribution is 2.09. The third kappa shape index (κ3) is 3.98. The maximum atomic E-state index is 11.3. The van der Waals surface area contributed by atoms with E-state index in [2.05, 4.69) is 15.0 Å². The zero-order valence-electron chi connectivity index (χ0n) is 10.5. The Hall–Kier alpha value is -1.10. The first-order chi connectivity index (χ1) is 8.29. The number of methoxy groups -OCH3 is 1. The van der Waals surface area contributed by atoms with Gasteiger partial charge in [-0.3, -0.25) is 4.90 Å². The highest BCUT2D eigenvalue weighted by Gasteiger charge is 2.10. The third-order valence-corrected chi connectivity index (χ3v) is 2.99. The van der Waals surface area contributed by atoms with Crippen molar-refractivity contribution in [3.05, 3.63) is 35.4 Å². The minimum absolute atomic E-state index is 0. The molecular weight excluding hydrogens is 252 g/mol. The fraction of sp³-hybridized carbons (Fsp3) is 0.462. The molecule has 4 nitrogen and oxygen atoms in total. The Morgan fingerprint density at radius 2 is 1.89 bits per heavy atom. The summed E-state index contributed by atoms with van der Waals surface area (Å²) in [5.74, 6) is -0.279. The maximum Gasteiger partial charge on any atom is 0.337 e. The molecular formula is C13H19ClN2O2. The molecule has 0 amide bonds. The number of hydrogen-bond acceptors (Lipinski definition) is 4. The summed E-state index contributed by atoms with van der Waals surface area (Å²) in [6.07, 6.45) is 0. The fourth-order valence-corrected chi connectivity index (χ4v) is 1.99. The molecule has 0 unspecified atom stereocenters. The first-order valence-electron chi connectivity index (χ1n) is 5.90. The van der Waals surface area contributed by atoms with E-state index in [0.29, 0.717) is 5.56 Å². The predicted molar refractivity (Wildman–Crippen MR) is 73.2 cm³/mol. The van der Waals surface area contributed by atoms with Crippen molar-refractivity contribution >= 4 is 18.4 Å². The number of piperazine rings is 1. The lowest BCUT2D eigenvalue weighted by atomic mass is 10.1. The molecule has 1 aliphatic heterocycles. The summed E-state index contributed by atoms with van der Waals surface area (Å²) in [6.45, 7) is 5.22. The molecule has 1 saturated heterocycles. The summed E-state index contributed by atoms with van der Waals surface area (Å²) in [5, 5.41) is 3.33. The Bertz CT molecular complexity index is 375. The van der Waals surface area contributed by atoms with Gasteiger partial charge in [0.2, 0.25) is 0 Å². The highest BCUT2D eigenvalue weighted by molar-refractivity contribution is 5.89. The summed E-state index contributed by atoms with van der Waals surface area (Å²) in [5.41, 5.74) is 1.84. The van der Waals surface area contributed by atoms with E-state index in [9.17, 15) is 4.79 Å². The van der Waals surface area contributed by atoms with Gasteiger partial charge in [0.1, 0.15) is 0 Å². The zero-order chi connectivity index (χ0) is 12.1. The fourth-order valence-electron chi connectivity index (χ4n) is 1.99. The number of esters is 1. The van der Waals surface area contributed by atoms with Gasteiger partial charge in [-0.25, -0.2) is 4.79 Å². The van der Waals surface area contributed by atoms with Gasteiger partial charge in [0.15, 0.2) is 0 Å². The quantitative estimate of drug-likeness (QED) is 0.841. The average Bonchev–Trinajstić information content (AvgIpc) is 2.40. The van der Waals surface area contributed by atoms with Gasteiger partial charge in [0, 0.05) is 32.7 Å². The standard InChI is InChI=1S/C13H18N2O2.ClH/c1-17-13(16)12-4-2-11(3-5-12)10-15-8-6-14-7-9-15;/h2-5,14H,6-10H2,1H3;1H. The molecule has 0 bridgehead atoms. The predicted octanol–water partition coefficient (Wildman–Crippen LogP) is 1.30. The Kier molecular flexibility index (Phi) is 6.12. The largest absolute Gasteiger partial charge is 0.465 e. The lowest BCUT2D eigenvalue weighted by molar-refractivity contribution is 0.0600. The summed E-state index contributed by atoms with van der Waals surface area (Å²) in [6, 6.07) is 7.63. The van der Waals surface area contributed by atoms with Gasteiger partial charge in [0.05, 0.1) is 12.7 Å². The molecule has 0 aromatic heterocycles. The van der Waals surface area contributed by atoms with E-state index in [1.807, 2.05) is 24.3 Å². The third-order valence-electron chi connectivity index (χ3n) is 2.99. The minimum Gasteiger partial charge on any atom is -0.465 e. The SMILES string of the molecule is COC(=O)c1ccc(CN2CCNCC2)cc1.Cl. The van der Waals surface area contributed by atoms with Gasteiger partial charge in [-0.15, -0.1) is 12.4 Å². The molecule has 100 valence electrons. The van der Waals surface area contributed by atoms with Crippen molar-refractivity contribution in [3.63, 3.8) is 0 Å². The van der Waals surface area contributed by atoms with E-state index in [4.69, 9.17) is 0 Å². The molecule has 1 aromatic rings. The summed E-state index contributed by atoms with van der Waals surface area (Å²) >= 11 is 0. The van der Waals surface area contributed by atoms with Crippen LogP contribution in [0.4, 0.5) is 0 Å². The van der Waals surface area contributed by atoms with Crippen molar-refractivity contribution in [3.8, 4) is 0 Å². The lowest BCUT2D eigenvalue weighted by Gasteiger charge is -2.27. The maximum absolute atomic E-state index is 11.3. The van der Waals surface area contributed by atoms with Crippen LogP contribution in [0.3, 0.4) is 0 Å². The molecule has 1 aliphatic rings. The molecule has 1 N–H and O–H groups in total. The molecule has 1 heterocycles. The van der Waals surface area contributed by atoms with Crippen LogP contribution in [0.25, 0.3) is 0 Å². The van der Waals surface area contributed by atoms with Crippen molar-refractivity contribution in [1.29, 1.82) is 0 Å². The van der Waals surface area contributed by atoms with Gasteiger partial charge in [-0.2, -0.15) is 0 Å². The topological polar surface area (TPSA) is 41.6 Å². The number of nitrogens with one attached hydrogen (secondary N) is 1. The molecule has 0 atom stereocenters. The molecule has 0 saturated carbocycles. The second-order valence-electron chi connectivity index (χ2n) is 4.21. The monoisotopic (exact) mass is 270 g/mol. The Balaban J connectivity index is 0.00000162. The number of ether oxygens (including phenoxy) is 1. The molecule has 0 spiro atoms. The molecule has 1 fully saturated rings. The van der Waals surface area contributed by atoms with Crippen molar-refractivity contribution in [2.24, 2.45) is 0 Å². The Morgan fingerprint density at radius 3 is 2.44 bits per heavy atom. The number of nitrogens with zero attached hydrogens (tertiary/aromatic N) is 1. The highest BCUT2D eigenvalue weighted by atomic mass is 35.5. The van der Waals surface area contributed by atoms with Crippen LogP contribution >= 0.6 is 12.4 Å². The molecule has 5 heteroatoms. The average molecular weight is 271 g/mol. The van der Waals surface area contributed by atoms with Crippen LogP contribution in [0.5, 0.6) is 0 Å². The van der Waals surface area contributed by atoms with Crippen LogP contribution in [-0.2, 0) is 11.3 Å². The molecule has 0 aliphatic carbocycles. The van der Waals surface area contributed by atoms with Crippen LogP contribution in [0, 0.1) is 0 Å². The van der Waals surface area contributed by atoms with Gasteiger partial charge in [-0.1, -0.05) is 12.1 Å². The van der Waals surface area contributed by atoms with Gasteiger partial charge < -0.3 is 10.1 Å². The van der Waals surface area contributed by atoms with Crippen molar-refractivity contribution < 1.29 is 9.53 Å². The Labute approximate surface area is 114 Å². The van der Waals surface area contributed by atoms with E-state index in [0.717, 1.165) is 32.7 Å². The molecule has 1 aromatic carbocycles. The number of hydrogen-bond donors (Lipinski definition) is 1. The van der Waals surface area contributed by atoms with Gasteiger partial charge in [-0.05, 0) is 17.7 Å². The number of carbonyl (C=O) groups excluding carboxylic acids is 1. The number of benzene rings is 1. The Morgan fingerprint density at radius 1 is 1.28 bits per heavy atom. The van der Waals surface area contributed by atoms with Crippen molar-refractivity contribution in [1.82, 2.24) is 10.2 Å². The first kappa shape index (κ1) is 15.0. The second kappa shape index (κ2) is 7.36. The van der Waals surface area contributed by atoms with E-state index in [1.165, 1.54) is 12.7 Å². The van der Waals surface area contributed by atoms with Crippen LogP contribution in [0.15, 0.2) is 24.3 Å².